The average molecular weight is 341 g/mol. The van der Waals surface area contributed by atoms with Gasteiger partial charge in [0.15, 0.2) is 0 Å². The van der Waals surface area contributed by atoms with Crippen LogP contribution in [-0.4, -0.2) is 28.2 Å². The van der Waals surface area contributed by atoms with Crippen LogP contribution in [0.25, 0.3) is 0 Å². The maximum atomic E-state index is 12.1. The van der Waals surface area contributed by atoms with E-state index in [0.29, 0.717) is 13.2 Å². The van der Waals surface area contributed by atoms with Crippen LogP contribution in [0.2, 0.25) is 10.0 Å². The number of sulfonamides is 1. The zero-order chi connectivity index (χ0) is 15.2. The van der Waals surface area contributed by atoms with Crippen LogP contribution in [0.5, 0.6) is 0 Å². The summed E-state index contributed by atoms with van der Waals surface area (Å²) in [6.07, 6.45) is 1.98. The second-order valence-corrected chi connectivity index (χ2v) is 6.72. The molecule has 0 saturated heterocycles. The Morgan fingerprint density at radius 2 is 2.00 bits per heavy atom. The standard InChI is InChI=1S/C12H18Cl2N2O3S/c1-2-3-5-19-6-4-16-20(17,18)12-10(14)7-9(13)8-11(12)15/h7-8,16H,2-6,15H2,1H3. The summed E-state index contributed by atoms with van der Waals surface area (Å²) >= 11 is 11.6. The van der Waals surface area contributed by atoms with Crippen LogP contribution in [0, 0.1) is 0 Å². The van der Waals surface area contributed by atoms with Crippen LogP contribution < -0.4 is 10.5 Å². The molecule has 0 radical (unpaired) electrons. The van der Waals surface area contributed by atoms with E-state index in [1.165, 1.54) is 12.1 Å². The van der Waals surface area contributed by atoms with Gasteiger partial charge in [-0.25, -0.2) is 13.1 Å². The van der Waals surface area contributed by atoms with Crippen molar-refractivity contribution >= 4 is 38.9 Å². The van der Waals surface area contributed by atoms with Gasteiger partial charge in [0, 0.05) is 18.2 Å². The topological polar surface area (TPSA) is 81.4 Å². The van der Waals surface area contributed by atoms with Crippen molar-refractivity contribution in [3.63, 3.8) is 0 Å². The van der Waals surface area contributed by atoms with Crippen molar-refractivity contribution < 1.29 is 13.2 Å². The Bertz CT molecular complexity index is 527. The number of benzene rings is 1. The minimum Gasteiger partial charge on any atom is -0.398 e. The Kier molecular flexibility index (Phi) is 7.05. The van der Waals surface area contributed by atoms with E-state index in [4.69, 9.17) is 33.7 Å². The Morgan fingerprint density at radius 3 is 2.60 bits per heavy atom. The largest absolute Gasteiger partial charge is 0.398 e. The Labute approximate surface area is 129 Å². The summed E-state index contributed by atoms with van der Waals surface area (Å²) in [4.78, 5) is -0.155. The van der Waals surface area contributed by atoms with Crippen molar-refractivity contribution in [2.75, 3.05) is 25.5 Å². The van der Waals surface area contributed by atoms with E-state index in [2.05, 4.69) is 11.6 Å². The first-order chi connectivity index (χ1) is 9.38. The quantitative estimate of drug-likeness (QED) is 0.563. The normalized spacial score (nSPS) is 11.8. The summed E-state index contributed by atoms with van der Waals surface area (Å²) in [7, 11) is -3.78. The lowest BCUT2D eigenvalue weighted by Crippen LogP contribution is -2.28. The van der Waals surface area contributed by atoms with E-state index in [0.717, 1.165) is 12.8 Å². The molecule has 0 bridgehead atoms. The molecule has 114 valence electrons. The summed E-state index contributed by atoms with van der Waals surface area (Å²) < 4.78 is 31.9. The molecule has 0 saturated carbocycles. The van der Waals surface area contributed by atoms with Crippen molar-refractivity contribution in [1.82, 2.24) is 4.72 Å². The Balaban J connectivity index is 2.66. The molecule has 8 heteroatoms. The third-order valence-electron chi connectivity index (χ3n) is 2.49. The molecular weight excluding hydrogens is 323 g/mol. The van der Waals surface area contributed by atoms with Gasteiger partial charge in [-0.2, -0.15) is 0 Å². The number of hydrogen-bond acceptors (Lipinski definition) is 4. The van der Waals surface area contributed by atoms with Gasteiger partial charge in [-0.05, 0) is 18.6 Å². The maximum absolute atomic E-state index is 12.1. The van der Waals surface area contributed by atoms with Gasteiger partial charge in [0.05, 0.1) is 17.3 Å². The number of halogens is 2. The minimum absolute atomic E-state index is 0.00518. The predicted octanol–water partition coefficient (Wildman–Crippen LogP) is 2.67. The van der Waals surface area contributed by atoms with Gasteiger partial charge < -0.3 is 10.5 Å². The van der Waals surface area contributed by atoms with E-state index >= 15 is 0 Å². The zero-order valence-electron chi connectivity index (χ0n) is 11.2. The van der Waals surface area contributed by atoms with Gasteiger partial charge in [-0.15, -0.1) is 0 Å². The number of nitrogen functional groups attached to an aromatic ring is 1. The molecule has 0 spiro atoms. The third kappa shape index (κ3) is 5.10. The zero-order valence-corrected chi connectivity index (χ0v) is 13.5. The highest BCUT2D eigenvalue weighted by atomic mass is 35.5. The molecule has 0 atom stereocenters. The smallest absolute Gasteiger partial charge is 0.244 e. The van der Waals surface area contributed by atoms with Crippen LogP contribution in [0.3, 0.4) is 0 Å². The summed E-state index contributed by atoms with van der Waals surface area (Å²) in [5, 5.41) is 0.281. The summed E-state index contributed by atoms with van der Waals surface area (Å²) in [6, 6.07) is 2.69. The number of anilines is 1. The first-order valence-corrected chi connectivity index (χ1v) is 8.44. The number of nitrogens with one attached hydrogen (secondary N) is 1. The van der Waals surface area contributed by atoms with Crippen LogP contribution in [-0.2, 0) is 14.8 Å². The Hall–Kier alpha value is -0.530. The molecule has 1 aromatic rings. The highest BCUT2D eigenvalue weighted by Crippen LogP contribution is 2.30. The third-order valence-corrected chi connectivity index (χ3v) is 4.69. The molecule has 3 N–H and O–H groups in total. The highest BCUT2D eigenvalue weighted by Gasteiger charge is 2.21. The monoisotopic (exact) mass is 340 g/mol. The average Bonchev–Trinajstić information content (AvgIpc) is 2.31. The van der Waals surface area contributed by atoms with Crippen molar-refractivity contribution in [2.45, 2.75) is 24.7 Å². The van der Waals surface area contributed by atoms with Gasteiger partial charge in [-0.1, -0.05) is 36.5 Å². The lowest BCUT2D eigenvalue weighted by atomic mass is 10.3. The summed E-state index contributed by atoms with van der Waals surface area (Å²) in [5.74, 6) is 0. The van der Waals surface area contributed by atoms with Gasteiger partial charge in [0.2, 0.25) is 10.0 Å². The molecule has 1 aromatic carbocycles. The lowest BCUT2D eigenvalue weighted by molar-refractivity contribution is 0.136. The van der Waals surface area contributed by atoms with Gasteiger partial charge >= 0.3 is 0 Å². The molecule has 0 heterocycles. The Morgan fingerprint density at radius 1 is 1.30 bits per heavy atom. The van der Waals surface area contributed by atoms with Gasteiger partial charge in [0.25, 0.3) is 0 Å². The lowest BCUT2D eigenvalue weighted by Gasteiger charge is -2.11. The first kappa shape index (κ1) is 17.5. The molecule has 0 fully saturated rings. The molecule has 5 nitrogen and oxygen atoms in total. The van der Waals surface area contributed by atoms with Crippen molar-refractivity contribution in [2.24, 2.45) is 0 Å². The van der Waals surface area contributed by atoms with Gasteiger partial charge in [-0.3, -0.25) is 0 Å². The van der Waals surface area contributed by atoms with Crippen LogP contribution in [0.15, 0.2) is 17.0 Å². The minimum atomic E-state index is -3.78. The number of ether oxygens (including phenoxy) is 1. The van der Waals surface area contributed by atoms with Crippen molar-refractivity contribution in [3.05, 3.63) is 22.2 Å². The fourth-order valence-corrected chi connectivity index (χ4v) is 3.53. The van der Waals surface area contributed by atoms with Crippen LogP contribution >= 0.6 is 23.2 Å². The van der Waals surface area contributed by atoms with E-state index in [1.54, 1.807) is 0 Å². The van der Waals surface area contributed by atoms with E-state index in [9.17, 15) is 8.42 Å². The number of unbranched alkanes of at least 4 members (excludes halogenated alkanes) is 1. The number of hydrogen-bond donors (Lipinski definition) is 2. The summed E-state index contributed by atoms with van der Waals surface area (Å²) in [5.41, 5.74) is 5.67. The molecule has 0 aromatic heterocycles. The van der Waals surface area contributed by atoms with E-state index in [-0.39, 0.29) is 27.2 Å². The molecule has 0 aliphatic rings. The van der Waals surface area contributed by atoms with Gasteiger partial charge in [0.1, 0.15) is 4.90 Å². The highest BCUT2D eigenvalue weighted by molar-refractivity contribution is 7.89. The molecular formula is C12H18Cl2N2O3S. The second-order valence-electron chi connectivity index (χ2n) is 4.17. The SMILES string of the molecule is CCCCOCCNS(=O)(=O)c1c(N)cc(Cl)cc1Cl. The molecule has 1 rings (SSSR count). The van der Waals surface area contributed by atoms with Crippen LogP contribution in [0.4, 0.5) is 5.69 Å². The predicted molar refractivity (Wildman–Crippen MR) is 81.8 cm³/mol. The fourth-order valence-electron chi connectivity index (χ4n) is 1.53. The maximum Gasteiger partial charge on any atom is 0.244 e. The number of rotatable bonds is 8. The van der Waals surface area contributed by atoms with Crippen molar-refractivity contribution in [3.8, 4) is 0 Å². The van der Waals surface area contributed by atoms with Crippen LogP contribution in [0.1, 0.15) is 19.8 Å². The van der Waals surface area contributed by atoms with Crippen molar-refractivity contribution in [1.29, 1.82) is 0 Å². The molecule has 0 amide bonds. The fraction of sp³-hybridized carbons (Fsp3) is 0.500. The molecule has 0 aliphatic heterocycles. The molecule has 20 heavy (non-hydrogen) atoms. The summed E-state index contributed by atoms with van der Waals surface area (Å²) in [6.45, 7) is 3.12. The first-order valence-electron chi connectivity index (χ1n) is 6.20. The van der Waals surface area contributed by atoms with E-state index in [1.807, 2.05) is 0 Å². The van der Waals surface area contributed by atoms with E-state index < -0.39 is 10.0 Å². The second kappa shape index (κ2) is 8.05. The number of nitrogens with two attached hydrogens (primary N) is 1. The molecule has 0 unspecified atom stereocenters. The molecule has 0 aliphatic carbocycles.